The van der Waals surface area contributed by atoms with Crippen LogP contribution in [0.15, 0.2) is 15.6 Å². The summed E-state index contributed by atoms with van der Waals surface area (Å²) in [4.78, 5) is 26.7. The van der Waals surface area contributed by atoms with E-state index in [4.69, 9.17) is 5.73 Å². The Morgan fingerprint density at radius 2 is 2.30 bits per heavy atom. The number of hydrogen-bond acceptors (Lipinski definition) is 3. The molecule has 0 fully saturated rings. The SMILES string of the molecule is NC1=NC(=O)N=CC1=C=O. The first kappa shape index (κ1) is 6.38. The van der Waals surface area contributed by atoms with E-state index in [1.807, 2.05) is 0 Å². The minimum atomic E-state index is -0.698. The van der Waals surface area contributed by atoms with Gasteiger partial charge in [-0.3, -0.25) is 0 Å². The van der Waals surface area contributed by atoms with E-state index in [1.54, 1.807) is 0 Å². The van der Waals surface area contributed by atoms with Crippen molar-refractivity contribution in [2.75, 3.05) is 0 Å². The largest absolute Gasteiger partial charge is 0.382 e. The summed E-state index contributed by atoms with van der Waals surface area (Å²) in [7, 11) is 0. The number of nitrogens with two attached hydrogens (primary N) is 1. The van der Waals surface area contributed by atoms with Crippen molar-refractivity contribution in [2.45, 2.75) is 0 Å². The molecule has 5 nitrogen and oxygen atoms in total. The van der Waals surface area contributed by atoms with Crippen LogP contribution in [0.3, 0.4) is 0 Å². The van der Waals surface area contributed by atoms with Gasteiger partial charge in [0.25, 0.3) is 0 Å². The van der Waals surface area contributed by atoms with Gasteiger partial charge in [0.05, 0.1) is 6.21 Å². The summed E-state index contributed by atoms with van der Waals surface area (Å²) in [6.45, 7) is 0. The zero-order chi connectivity index (χ0) is 7.56. The van der Waals surface area contributed by atoms with Gasteiger partial charge in [0.15, 0.2) is 0 Å². The number of nitrogens with zero attached hydrogens (tertiary/aromatic N) is 2. The second-order valence-corrected chi connectivity index (χ2v) is 1.55. The van der Waals surface area contributed by atoms with Gasteiger partial charge in [-0.15, -0.1) is 0 Å². The van der Waals surface area contributed by atoms with Crippen molar-refractivity contribution < 1.29 is 9.59 Å². The van der Waals surface area contributed by atoms with Crippen LogP contribution in [0.5, 0.6) is 0 Å². The number of aliphatic imine (C=N–C) groups is 2. The maximum absolute atomic E-state index is 10.3. The van der Waals surface area contributed by atoms with E-state index < -0.39 is 6.03 Å². The molecule has 0 saturated heterocycles. The molecule has 0 bridgehead atoms. The van der Waals surface area contributed by atoms with Crippen molar-refractivity contribution in [2.24, 2.45) is 15.7 Å². The van der Waals surface area contributed by atoms with Gasteiger partial charge in [-0.25, -0.2) is 9.59 Å². The average molecular weight is 137 g/mol. The lowest BCUT2D eigenvalue weighted by molar-refractivity contribution is 0.257. The Labute approximate surface area is 56.0 Å². The minimum absolute atomic E-state index is 0.0135. The van der Waals surface area contributed by atoms with Gasteiger partial charge >= 0.3 is 6.03 Å². The molecule has 0 saturated carbocycles. The fraction of sp³-hybridized carbons (Fsp3) is 0. The molecule has 1 aliphatic heterocycles. The van der Waals surface area contributed by atoms with Crippen LogP contribution in [0.25, 0.3) is 0 Å². The third-order valence-corrected chi connectivity index (χ3v) is 0.906. The fourth-order valence-electron chi connectivity index (χ4n) is 0.457. The number of carbonyl (C=O) groups is 1. The Hall–Kier alpha value is -1.74. The van der Waals surface area contributed by atoms with E-state index in [0.717, 1.165) is 6.21 Å². The Balaban J connectivity index is 3.08. The normalized spacial score (nSPS) is 16.6. The number of carbonyl (C=O) groups excluding carboxylic acids is 2. The topological polar surface area (TPSA) is 84.9 Å². The summed E-state index contributed by atoms with van der Waals surface area (Å²) < 4.78 is 0. The predicted molar refractivity (Wildman–Crippen MR) is 34.7 cm³/mol. The molecule has 0 aromatic heterocycles. The van der Waals surface area contributed by atoms with Gasteiger partial charge in [-0.2, -0.15) is 9.98 Å². The highest BCUT2D eigenvalue weighted by atomic mass is 16.2. The fourth-order valence-corrected chi connectivity index (χ4v) is 0.457. The van der Waals surface area contributed by atoms with Crippen molar-refractivity contribution in [3.05, 3.63) is 5.57 Å². The molecule has 50 valence electrons. The van der Waals surface area contributed by atoms with E-state index in [-0.39, 0.29) is 11.4 Å². The first-order valence-corrected chi connectivity index (χ1v) is 2.41. The molecule has 0 aromatic rings. The standard InChI is InChI=1S/C5H3N3O2/c6-4-3(2-9)1-7-5(10)8-4/h1H,(H2,6,8,10). The maximum atomic E-state index is 10.3. The Morgan fingerprint density at radius 1 is 1.60 bits per heavy atom. The molecule has 10 heavy (non-hydrogen) atoms. The third kappa shape index (κ3) is 0.985. The summed E-state index contributed by atoms with van der Waals surface area (Å²) in [6.07, 6.45) is 1.04. The van der Waals surface area contributed by atoms with Crippen LogP contribution in [0.1, 0.15) is 0 Å². The van der Waals surface area contributed by atoms with Gasteiger partial charge in [0.2, 0.25) is 0 Å². The minimum Gasteiger partial charge on any atom is -0.382 e. The molecule has 2 N–H and O–H groups in total. The van der Waals surface area contributed by atoms with Crippen LogP contribution < -0.4 is 5.73 Å². The lowest BCUT2D eigenvalue weighted by Crippen LogP contribution is -2.21. The van der Waals surface area contributed by atoms with Gasteiger partial charge in [0.1, 0.15) is 17.4 Å². The summed E-state index contributed by atoms with van der Waals surface area (Å²) in [5.41, 5.74) is 5.13. The van der Waals surface area contributed by atoms with Crippen molar-refractivity contribution in [3.8, 4) is 0 Å². The van der Waals surface area contributed by atoms with Crippen LogP contribution >= 0.6 is 0 Å². The van der Waals surface area contributed by atoms with E-state index in [1.165, 1.54) is 5.94 Å². The molecular formula is C5H3N3O2. The molecule has 0 spiro atoms. The molecular weight excluding hydrogens is 134 g/mol. The highest BCUT2D eigenvalue weighted by Crippen LogP contribution is 1.94. The molecule has 0 unspecified atom stereocenters. The number of amidine groups is 1. The monoisotopic (exact) mass is 137 g/mol. The number of rotatable bonds is 0. The van der Waals surface area contributed by atoms with Crippen LogP contribution in [0.4, 0.5) is 4.79 Å². The second-order valence-electron chi connectivity index (χ2n) is 1.55. The number of urea groups is 1. The van der Waals surface area contributed by atoms with Gasteiger partial charge in [-0.05, 0) is 0 Å². The van der Waals surface area contributed by atoms with Crippen LogP contribution in [0, 0.1) is 0 Å². The molecule has 5 heteroatoms. The van der Waals surface area contributed by atoms with Gasteiger partial charge < -0.3 is 5.73 Å². The predicted octanol–water partition coefficient (Wildman–Crippen LogP) is -0.694. The average Bonchev–Trinajstić information content (AvgIpc) is 1.88. The second kappa shape index (κ2) is 2.24. The van der Waals surface area contributed by atoms with Crippen molar-refractivity contribution in [1.29, 1.82) is 0 Å². The Bertz CT molecular complexity index is 283. The summed E-state index contributed by atoms with van der Waals surface area (Å²) in [5, 5.41) is 0. The molecule has 0 aliphatic carbocycles. The zero-order valence-electron chi connectivity index (χ0n) is 4.87. The van der Waals surface area contributed by atoms with Gasteiger partial charge in [-0.1, -0.05) is 0 Å². The summed E-state index contributed by atoms with van der Waals surface area (Å²) in [6, 6.07) is -0.698. The zero-order valence-corrected chi connectivity index (χ0v) is 4.87. The Morgan fingerprint density at radius 3 is 2.80 bits per heavy atom. The highest BCUT2D eigenvalue weighted by Gasteiger charge is 2.09. The summed E-state index contributed by atoms with van der Waals surface area (Å²) >= 11 is 0. The van der Waals surface area contributed by atoms with Crippen molar-refractivity contribution in [1.82, 2.24) is 0 Å². The van der Waals surface area contributed by atoms with Crippen LogP contribution in [0.2, 0.25) is 0 Å². The molecule has 1 aliphatic rings. The van der Waals surface area contributed by atoms with Crippen LogP contribution in [-0.4, -0.2) is 24.0 Å². The number of amides is 2. The lowest BCUT2D eigenvalue weighted by Gasteiger charge is -1.97. The van der Waals surface area contributed by atoms with E-state index in [2.05, 4.69) is 9.98 Å². The van der Waals surface area contributed by atoms with E-state index >= 15 is 0 Å². The van der Waals surface area contributed by atoms with E-state index in [0.29, 0.717) is 0 Å². The smallest absolute Gasteiger partial charge is 0.369 e. The maximum Gasteiger partial charge on any atom is 0.369 e. The molecule has 0 radical (unpaired) electrons. The Kier molecular flexibility index (Phi) is 1.43. The van der Waals surface area contributed by atoms with Crippen LogP contribution in [-0.2, 0) is 4.79 Å². The first-order valence-electron chi connectivity index (χ1n) is 2.41. The highest BCUT2D eigenvalue weighted by molar-refractivity contribution is 6.26. The van der Waals surface area contributed by atoms with Crippen molar-refractivity contribution >= 4 is 24.0 Å². The first-order chi connectivity index (χ1) is 4.74. The molecule has 1 heterocycles. The molecule has 2 amide bonds. The molecule has 0 aromatic carbocycles. The number of hydrogen-bond donors (Lipinski definition) is 1. The van der Waals surface area contributed by atoms with Gasteiger partial charge in [0, 0.05) is 0 Å². The third-order valence-electron chi connectivity index (χ3n) is 0.906. The van der Waals surface area contributed by atoms with Crippen molar-refractivity contribution in [3.63, 3.8) is 0 Å². The van der Waals surface area contributed by atoms with E-state index in [9.17, 15) is 9.59 Å². The summed E-state index contributed by atoms with van der Waals surface area (Å²) in [5.74, 6) is 1.35. The molecule has 1 rings (SSSR count). The quantitative estimate of drug-likeness (QED) is 0.448. The lowest BCUT2D eigenvalue weighted by atomic mass is 10.3. The molecule has 0 atom stereocenters.